The SMILES string of the molecule is COC(=O)[C@H](C)NC1CCN(C(=O)OC(C)(C)C)C1. The van der Waals surface area contributed by atoms with Gasteiger partial charge in [-0.15, -0.1) is 0 Å². The molecule has 0 bridgehead atoms. The average molecular weight is 272 g/mol. The fourth-order valence-corrected chi connectivity index (χ4v) is 1.99. The van der Waals surface area contributed by atoms with Crippen LogP contribution in [0.2, 0.25) is 0 Å². The van der Waals surface area contributed by atoms with Crippen molar-refractivity contribution in [3.8, 4) is 0 Å². The molecule has 0 saturated carbocycles. The van der Waals surface area contributed by atoms with Gasteiger partial charge in [-0.25, -0.2) is 4.79 Å². The lowest BCUT2D eigenvalue weighted by Crippen LogP contribution is -2.44. The van der Waals surface area contributed by atoms with Crippen molar-refractivity contribution < 1.29 is 19.1 Å². The Morgan fingerprint density at radius 3 is 2.53 bits per heavy atom. The van der Waals surface area contributed by atoms with Crippen LogP contribution in [0.15, 0.2) is 0 Å². The zero-order valence-electron chi connectivity index (χ0n) is 12.4. The normalized spacial score (nSPS) is 21.1. The maximum Gasteiger partial charge on any atom is 0.410 e. The van der Waals surface area contributed by atoms with Crippen molar-refractivity contribution >= 4 is 12.1 Å². The summed E-state index contributed by atoms with van der Waals surface area (Å²) in [5, 5.41) is 3.15. The Kier molecular flexibility index (Phi) is 5.17. The number of carbonyl (C=O) groups excluding carboxylic acids is 2. The van der Waals surface area contributed by atoms with Crippen molar-refractivity contribution in [2.75, 3.05) is 20.2 Å². The summed E-state index contributed by atoms with van der Waals surface area (Å²) in [6.07, 6.45) is 0.503. The van der Waals surface area contributed by atoms with Crippen LogP contribution >= 0.6 is 0 Å². The van der Waals surface area contributed by atoms with Gasteiger partial charge in [0.05, 0.1) is 7.11 Å². The number of esters is 1. The van der Waals surface area contributed by atoms with Gasteiger partial charge >= 0.3 is 12.1 Å². The summed E-state index contributed by atoms with van der Waals surface area (Å²) >= 11 is 0. The van der Waals surface area contributed by atoms with E-state index >= 15 is 0 Å². The van der Waals surface area contributed by atoms with Gasteiger partial charge in [-0.1, -0.05) is 0 Å². The van der Waals surface area contributed by atoms with Crippen LogP contribution < -0.4 is 5.32 Å². The molecule has 19 heavy (non-hydrogen) atoms. The third-order valence-corrected chi connectivity index (χ3v) is 2.88. The molecule has 110 valence electrons. The Bertz CT molecular complexity index is 338. The van der Waals surface area contributed by atoms with Crippen LogP contribution in [-0.4, -0.2) is 54.8 Å². The molecule has 2 atom stereocenters. The molecule has 1 amide bonds. The molecule has 1 aliphatic heterocycles. The van der Waals surface area contributed by atoms with Gasteiger partial charge < -0.3 is 14.4 Å². The van der Waals surface area contributed by atoms with Crippen LogP contribution in [0.4, 0.5) is 4.79 Å². The smallest absolute Gasteiger partial charge is 0.410 e. The van der Waals surface area contributed by atoms with Gasteiger partial charge in [0.1, 0.15) is 11.6 Å². The zero-order valence-corrected chi connectivity index (χ0v) is 12.4. The van der Waals surface area contributed by atoms with E-state index in [0.717, 1.165) is 6.42 Å². The first kappa shape index (κ1) is 15.8. The molecule has 0 aromatic rings. The lowest BCUT2D eigenvalue weighted by Gasteiger charge is -2.24. The molecule has 1 rings (SSSR count). The Labute approximate surface area is 114 Å². The summed E-state index contributed by atoms with van der Waals surface area (Å²) < 4.78 is 9.97. The van der Waals surface area contributed by atoms with Crippen molar-refractivity contribution in [3.05, 3.63) is 0 Å². The van der Waals surface area contributed by atoms with Gasteiger partial charge in [0, 0.05) is 19.1 Å². The van der Waals surface area contributed by atoms with E-state index in [4.69, 9.17) is 4.74 Å². The maximum atomic E-state index is 11.9. The molecular weight excluding hydrogens is 248 g/mol. The van der Waals surface area contributed by atoms with Gasteiger partial charge in [-0.2, -0.15) is 0 Å². The summed E-state index contributed by atoms with van der Waals surface area (Å²) in [6, 6.07) is -0.268. The van der Waals surface area contributed by atoms with Crippen molar-refractivity contribution in [1.29, 1.82) is 0 Å². The molecule has 6 nitrogen and oxygen atoms in total. The molecule has 0 aromatic carbocycles. The van der Waals surface area contributed by atoms with Crippen molar-refractivity contribution in [3.63, 3.8) is 0 Å². The highest BCUT2D eigenvalue weighted by Crippen LogP contribution is 2.15. The second-order valence-corrected chi connectivity index (χ2v) is 5.82. The van der Waals surface area contributed by atoms with Crippen molar-refractivity contribution in [2.45, 2.75) is 51.8 Å². The first-order valence-electron chi connectivity index (χ1n) is 6.54. The van der Waals surface area contributed by atoms with Gasteiger partial charge in [0.25, 0.3) is 0 Å². The van der Waals surface area contributed by atoms with E-state index in [-0.39, 0.29) is 24.1 Å². The number of rotatable bonds is 3. The van der Waals surface area contributed by atoms with Crippen LogP contribution in [0.5, 0.6) is 0 Å². The molecule has 0 aliphatic carbocycles. The summed E-state index contributed by atoms with van der Waals surface area (Å²) in [5.74, 6) is -0.296. The van der Waals surface area contributed by atoms with Crippen LogP contribution in [0.3, 0.4) is 0 Å². The highest BCUT2D eigenvalue weighted by molar-refractivity contribution is 5.75. The third-order valence-electron chi connectivity index (χ3n) is 2.88. The minimum Gasteiger partial charge on any atom is -0.468 e. The molecule has 1 saturated heterocycles. The third kappa shape index (κ3) is 5.06. The van der Waals surface area contributed by atoms with E-state index in [9.17, 15) is 9.59 Å². The van der Waals surface area contributed by atoms with E-state index < -0.39 is 5.60 Å². The number of methoxy groups -OCH3 is 1. The molecule has 1 unspecified atom stereocenters. The quantitative estimate of drug-likeness (QED) is 0.781. The Balaban J connectivity index is 2.41. The molecule has 0 spiro atoms. The molecule has 0 aromatic heterocycles. The van der Waals surface area contributed by atoms with E-state index in [1.165, 1.54) is 7.11 Å². The van der Waals surface area contributed by atoms with E-state index in [2.05, 4.69) is 10.1 Å². The minimum atomic E-state index is -0.484. The number of amides is 1. The summed E-state index contributed by atoms with van der Waals surface area (Å²) in [5.41, 5.74) is -0.484. The molecular formula is C13H24N2O4. The molecule has 1 aliphatic rings. The van der Waals surface area contributed by atoms with Crippen LogP contribution in [0.1, 0.15) is 34.1 Å². The zero-order chi connectivity index (χ0) is 14.6. The first-order chi connectivity index (χ1) is 8.73. The van der Waals surface area contributed by atoms with Gasteiger partial charge in [0.15, 0.2) is 0 Å². The highest BCUT2D eigenvalue weighted by atomic mass is 16.6. The molecule has 1 fully saturated rings. The Hall–Kier alpha value is -1.30. The fraction of sp³-hybridized carbons (Fsp3) is 0.846. The standard InChI is InChI=1S/C13H24N2O4/c1-9(11(16)18-5)14-10-6-7-15(8-10)12(17)19-13(2,3)4/h9-10,14H,6-8H2,1-5H3/t9-,10?/m0/s1. The predicted molar refractivity (Wildman–Crippen MR) is 70.8 cm³/mol. The largest absolute Gasteiger partial charge is 0.468 e. The lowest BCUT2D eigenvalue weighted by atomic mass is 10.2. The second kappa shape index (κ2) is 6.23. The topological polar surface area (TPSA) is 67.9 Å². The van der Waals surface area contributed by atoms with Crippen molar-refractivity contribution in [2.24, 2.45) is 0 Å². The summed E-state index contributed by atoms with van der Waals surface area (Å²) in [6.45, 7) is 8.47. The number of hydrogen-bond donors (Lipinski definition) is 1. The van der Waals surface area contributed by atoms with Gasteiger partial charge in [-0.05, 0) is 34.1 Å². The van der Waals surface area contributed by atoms with E-state index in [1.54, 1.807) is 11.8 Å². The average Bonchev–Trinajstić information content (AvgIpc) is 2.74. The minimum absolute atomic E-state index is 0.0987. The fourth-order valence-electron chi connectivity index (χ4n) is 1.99. The summed E-state index contributed by atoms with van der Waals surface area (Å²) in [4.78, 5) is 24.8. The maximum absolute atomic E-state index is 11.9. The Morgan fingerprint density at radius 2 is 2.00 bits per heavy atom. The molecule has 1 N–H and O–H groups in total. The number of ether oxygens (including phenoxy) is 2. The lowest BCUT2D eigenvalue weighted by molar-refractivity contribution is -0.142. The van der Waals surface area contributed by atoms with Crippen molar-refractivity contribution in [1.82, 2.24) is 10.2 Å². The van der Waals surface area contributed by atoms with Gasteiger partial charge in [-0.3, -0.25) is 10.1 Å². The van der Waals surface area contributed by atoms with Gasteiger partial charge in [0.2, 0.25) is 0 Å². The molecule has 1 heterocycles. The number of carbonyl (C=O) groups is 2. The monoisotopic (exact) mass is 272 g/mol. The Morgan fingerprint density at radius 1 is 1.37 bits per heavy atom. The van der Waals surface area contributed by atoms with Crippen LogP contribution in [-0.2, 0) is 14.3 Å². The van der Waals surface area contributed by atoms with Crippen LogP contribution in [0.25, 0.3) is 0 Å². The molecule has 6 heteroatoms. The highest BCUT2D eigenvalue weighted by Gasteiger charge is 2.31. The predicted octanol–water partition coefficient (Wildman–Crippen LogP) is 1.15. The number of nitrogens with one attached hydrogen (secondary N) is 1. The van der Waals surface area contributed by atoms with E-state index in [1.807, 2.05) is 20.8 Å². The summed E-state index contributed by atoms with van der Waals surface area (Å²) in [7, 11) is 1.36. The number of hydrogen-bond acceptors (Lipinski definition) is 5. The number of nitrogens with zero attached hydrogens (tertiary/aromatic N) is 1. The number of likely N-dealkylation sites (tertiary alicyclic amines) is 1. The molecule has 0 radical (unpaired) electrons. The first-order valence-corrected chi connectivity index (χ1v) is 6.54. The van der Waals surface area contributed by atoms with E-state index in [0.29, 0.717) is 13.1 Å². The second-order valence-electron chi connectivity index (χ2n) is 5.82. The van der Waals surface area contributed by atoms with Crippen LogP contribution in [0, 0.1) is 0 Å².